The van der Waals surface area contributed by atoms with Crippen LogP contribution in [0, 0.1) is 0 Å². The Labute approximate surface area is 122 Å². The molecular weight excluding hydrogens is 311 g/mol. The van der Waals surface area contributed by atoms with E-state index in [4.69, 9.17) is 0 Å². The van der Waals surface area contributed by atoms with Crippen LogP contribution in [0.25, 0.3) is 0 Å². The Balaban J connectivity index is 2.57. The molecule has 1 amide bonds. The Morgan fingerprint density at radius 1 is 1.33 bits per heavy atom. The number of methoxy groups -OCH3 is 1. The van der Waals surface area contributed by atoms with E-state index in [0.717, 1.165) is 19.2 Å². The van der Waals surface area contributed by atoms with Crippen LogP contribution in [0.2, 0.25) is 0 Å². The maximum Gasteiger partial charge on any atom is 0.446 e. The van der Waals surface area contributed by atoms with Crippen LogP contribution in [0.4, 0.5) is 13.2 Å². The molecule has 0 heterocycles. The summed E-state index contributed by atoms with van der Waals surface area (Å²) in [5, 5.41) is 11.5. The van der Waals surface area contributed by atoms with Gasteiger partial charge in [-0.25, -0.2) is 4.79 Å². The van der Waals surface area contributed by atoms with Crippen molar-refractivity contribution in [2.24, 2.45) is 0 Å². The molecule has 0 radical (unpaired) electrons. The lowest BCUT2D eigenvalue weighted by Gasteiger charge is -2.10. The molecule has 0 aliphatic heterocycles. The average Bonchev–Trinajstić information content (AvgIpc) is 2.42. The second kappa shape index (κ2) is 7.32. The van der Waals surface area contributed by atoms with Crippen LogP contribution in [-0.4, -0.2) is 42.2 Å². The minimum absolute atomic E-state index is 0.0476. The molecule has 0 aromatic heterocycles. The van der Waals surface area contributed by atoms with Gasteiger partial charge in [0.1, 0.15) is 0 Å². The normalized spacial score (nSPS) is 12.6. The van der Waals surface area contributed by atoms with Gasteiger partial charge in [-0.05, 0) is 36.0 Å². The number of esters is 1. The molecule has 116 valence electrons. The molecule has 0 bridgehead atoms. The van der Waals surface area contributed by atoms with Crippen molar-refractivity contribution in [3.8, 4) is 0 Å². The summed E-state index contributed by atoms with van der Waals surface area (Å²) in [7, 11) is 1.09. The number of hydrogen-bond acceptors (Lipinski definition) is 5. The summed E-state index contributed by atoms with van der Waals surface area (Å²) in [4.78, 5) is 22.5. The SMILES string of the molecule is COC(=O)C(O)CNC(=O)c1ccc(SC(F)(F)F)cc1. The van der Waals surface area contributed by atoms with Gasteiger partial charge in [0.05, 0.1) is 13.7 Å². The summed E-state index contributed by atoms with van der Waals surface area (Å²) in [5.74, 6) is -1.52. The molecular formula is C12H12F3NO4S. The van der Waals surface area contributed by atoms with Crippen molar-refractivity contribution in [3.05, 3.63) is 29.8 Å². The molecule has 0 fully saturated rings. The highest BCUT2D eigenvalue weighted by Crippen LogP contribution is 2.36. The summed E-state index contributed by atoms with van der Waals surface area (Å²) < 4.78 is 40.7. The lowest BCUT2D eigenvalue weighted by Crippen LogP contribution is -2.37. The highest BCUT2D eigenvalue weighted by Gasteiger charge is 2.29. The fourth-order valence-corrected chi connectivity index (χ4v) is 1.86. The van der Waals surface area contributed by atoms with E-state index >= 15 is 0 Å². The second-order valence-electron chi connectivity index (χ2n) is 3.82. The fraction of sp³-hybridized carbons (Fsp3) is 0.333. The summed E-state index contributed by atoms with van der Waals surface area (Å²) in [6.45, 7) is -0.357. The number of carbonyl (C=O) groups excluding carboxylic acids is 2. The van der Waals surface area contributed by atoms with Crippen molar-refractivity contribution >= 4 is 23.6 Å². The molecule has 1 rings (SSSR count). The van der Waals surface area contributed by atoms with Gasteiger partial charge in [-0.1, -0.05) is 0 Å². The van der Waals surface area contributed by atoms with Crippen molar-refractivity contribution in [1.82, 2.24) is 5.32 Å². The van der Waals surface area contributed by atoms with Crippen LogP contribution in [-0.2, 0) is 9.53 Å². The van der Waals surface area contributed by atoms with E-state index in [1.165, 1.54) is 12.1 Å². The van der Waals surface area contributed by atoms with E-state index in [9.17, 15) is 27.9 Å². The zero-order valence-corrected chi connectivity index (χ0v) is 11.6. The highest BCUT2D eigenvalue weighted by atomic mass is 32.2. The van der Waals surface area contributed by atoms with Gasteiger partial charge >= 0.3 is 11.5 Å². The summed E-state index contributed by atoms with van der Waals surface area (Å²) in [5.41, 5.74) is -4.28. The Morgan fingerprint density at radius 2 is 1.90 bits per heavy atom. The van der Waals surface area contributed by atoms with Crippen LogP contribution in [0.5, 0.6) is 0 Å². The highest BCUT2D eigenvalue weighted by molar-refractivity contribution is 8.00. The second-order valence-corrected chi connectivity index (χ2v) is 4.96. The van der Waals surface area contributed by atoms with Gasteiger partial charge in [0.2, 0.25) is 0 Å². The molecule has 0 aliphatic rings. The summed E-state index contributed by atoms with van der Waals surface area (Å²) in [6.07, 6.45) is -1.50. The number of alkyl halides is 3. The molecule has 1 aromatic carbocycles. The first kappa shape index (κ1) is 17.3. The topological polar surface area (TPSA) is 75.6 Å². The number of hydrogen-bond donors (Lipinski definition) is 2. The van der Waals surface area contributed by atoms with Crippen LogP contribution >= 0.6 is 11.8 Å². The number of thioether (sulfide) groups is 1. The number of aliphatic hydroxyl groups excluding tert-OH is 1. The number of aliphatic hydroxyl groups is 1. The molecule has 5 nitrogen and oxygen atoms in total. The van der Waals surface area contributed by atoms with Gasteiger partial charge in [0, 0.05) is 10.5 Å². The minimum Gasteiger partial charge on any atom is -0.467 e. The first-order chi connectivity index (χ1) is 9.73. The number of halogens is 3. The predicted octanol–water partition coefficient (Wildman–Crippen LogP) is 1.56. The van der Waals surface area contributed by atoms with Gasteiger partial charge in [0.15, 0.2) is 6.10 Å². The zero-order valence-electron chi connectivity index (χ0n) is 10.8. The van der Waals surface area contributed by atoms with E-state index in [2.05, 4.69) is 10.1 Å². The molecule has 1 unspecified atom stereocenters. The van der Waals surface area contributed by atoms with Crippen LogP contribution in [0.1, 0.15) is 10.4 Å². The third-order valence-corrected chi connectivity index (χ3v) is 3.02. The average molecular weight is 323 g/mol. The summed E-state index contributed by atoms with van der Waals surface area (Å²) in [6, 6.07) is 4.75. The third kappa shape index (κ3) is 6.05. The van der Waals surface area contributed by atoms with E-state index in [1.807, 2.05) is 0 Å². The standard InChI is InChI=1S/C12H12F3NO4S/c1-20-11(19)9(17)6-16-10(18)7-2-4-8(5-3-7)21-12(13,14)15/h2-5,9,17H,6H2,1H3,(H,16,18). The molecule has 1 aromatic rings. The monoisotopic (exact) mass is 323 g/mol. The molecule has 1 atom stereocenters. The zero-order chi connectivity index (χ0) is 16.0. The van der Waals surface area contributed by atoms with Crippen molar-refractivity contribution in [2.45, 2.75) is 16.5 Å². The lowest BCUT2D eigenvalue weighted by molar-refractivity contribution is -0.149. The summed E-state index contributed by atoms with van der Waals surface area (Å²) >= 11 is -0.287. The van der Waals surface area contributed by atoms with Crippen molar-refractivity contribution in [3.63, 3.8) is 0 Å². The van der Waals surface area contributed by atoms with Crippen LogP contribution < -0.4 is 5.32 Å². The third-order valence-electron chi connectivity index (χ3n) is 2.28. The van der Waals surface area contributed by atoms with E-state index in [-0.39, 0.29) is 28.8 Å². The fourth-order valence-electron chi connectivity index (χ4n) is 1.32. The van der Waals surface area contributed by atoms with Gasteiger partial charge in [0.25, 0.3) is 5.91 Å². The maximum atomic E-state index is 12.1. The van der Waals surface area contributed by atoms with Crippen LogP contribution in [0.15, 0.2) is 29.2 Å². The minimum atomic E-state index is -4.39. The first-order valence-corrected chi connectivity index (χ1v) is 6.44. The number of ether oxygens (including phenoxy) is 1. The smallest absolute Gasteiger partial charge is 0.446 e. The molecule has 0 saturated carbocycles. The van der Waals surface area contributed by atoms with E-state index in [1.54, 1.807) is 0 Å². The predicted molar refractivity (Wildman–Crippen MR) is 68.7 cm³/mol. The molecule has 0 aliphatic carbocycles. The molecule has 9 heteroatoms. The Bertz CT molecular complexity index is 504. The first-order valence-electron chi connectivity index (χ1n) is 5.63. The largest absolute Gasteiger partial charge is 0.467 e. The molecule has 2 N–H and O–H groups in total. The Morgan fingerprint density at radius 3 is 2.38 bits per heavy atom. The van der Waals surface area contributed by atoms with Crippen molar-refractivity contribution in [1.29, 1.82) is 0 Å². The molecule has 21 heavy (non-hydrogen) atoms. The lowest BCUT2D eigenvalue weighted by atomic mass is 10.2. The van der Waals surface area contributed by atoms with Gasteiger partial charge in [-0.2, -0.15) is 13.2 Å². The number of carbonyl (C=O) groups is 2. The number of nitrogens with one attached hydrogen (secondary N) is 1. The molecule has 0 spiro atoms. The Hall–Kier alpha value is -1.74. The van der Waals surface area contributed by atoms with Gasteiger partial charge in [-0.3, -0.25) is 4.79 Å². The van der Waals surface area contributed by atoms with Crippen LogP contribution in [0.3, 0.4) is 0 Å². The number of rotatable bonds is 5. The molecule has 0 saturated heterocycles. The quantitative estimate of drug-likeness (QED) is 0.635. The van der Waals surface area contributed by atoms with Crippen molar-refractivity contribution < 1.29 is 32.6 Å². The number of amides is 1. The Kier molecular flexibility index (Phi) is 6.03. The van der Waals surface area contributed by atoms with Crippen molar-refractivity contribution in [2.75, 3.05) is 13.7 Å². The van der Waals surface area contributed by atoms with Gasteiger partial charge in [-0.15, -0.1) is 0 Å². The number of benzene rings is 1. The van der Waals surface area contributed by atoms with E-state index in [0.29, 0.717) is 0 Å². The van der Waals surface area contributed by atoms with E-state index < -0.39 is 23.5 Å². The maximum absolute atomic E-state index is 12.1. The van der Waals surface area contributed by atoms with Gasteiger partial charge < -0.3 is 15.2 Å².